The van der Waals surface area contributed by atoms with Crippen LogP contribution in [-0.2, 0) is 4.74 Å². The molecule has 0 bridgehead atoms. The Bertz CT molecular complexity index is 906. The van der Waals surface area contributed by atoms with Gasteiger partial charge >= 0.3 is 0 Å². The number of nitrogens with zero attached hydrogens (tertiary/aromatic N) is 4. The molecule has 1 saturated heterocycles. The number of aryl methyl sites for hydroxylation is 2. The zero-order valence-corrected chi connectivity index (χ0v) is 16.7. The topological polar surface area (TPSA) is 63.2 Å². The maximum absolute atomic E-state index is 5.42. The summed E-state index contributed by atoms with van der Waals surface area (Å²) >= 11 is 1.73. The van der Waals surface area contributed by atoms with Crippen molar-refractivity contribution in [3.8, 4) is 11.4 Å². The fourth-order valence-corrected chi connectivity index (χ4v) is 4.37. The van der Waals surface area contributed by atoms with E-state index < -0.39 is 0 Å². The normalized spacial score (nSPS) is 15.3. The van der Waals surface area contributed by atoms with Crippen molar-refractivity contribution in [2.24, 2.45) is 0 Å². The predicted molar refractivity (Wildman–Crippen MR) is 110 cm³/mol. The summed E-state index contributed by atoms with van der Waals surface area (Å²) in [5, 5.41) is 4.72. The van der Waals surface area contributed by atoms with Crippen molar-refractivity contribution in [1.29, 1.82) is 0 Å². The summed E-state index contributed by atoms with van der Waals surface area (Å²) in [6.07, 6.45) is 4.67. The zero-order valence-electron chi connectivity index (χ0n) is 15.9. The van der Waals surface area contributed by atoms with E-state index in [1.165, 1.54) is 10.4 Å². The molecule has 0 unspecified atom stereocenters. The van der Waals surface area contributed by atoms with Crippen molar-refractivity contribution in [3.63, 3.8) is 0 Å². The van der Waals surface area contributed by atoms with Gasteiger partial charge in [0.15, 0.2) is 5.82 Å². The fraction of sp³-hybridized carbons (Fsp3) is 0.450. The summed E-state index contributed by atoms with van der Waals surface area (Å²) in [5.74, 6) is 1.66. The van der Waals surface area contributed by atoms with E-state index in [9.17, 15) is 0 Å². The van der Waals surface area contributed by atoms with E-state index >= 15 is 0 Å². The summed E-state index contributed by atoms with van der Waals surface area (Å²) in [7, 11) is 0. The van der Waals surface area contributed by atoms with Gasteiger partial charge in [-0.3, -0.25) is 9.88 Å². The van der Waals surface area contributed by atoms with Gasteiger partial charge in [0, 0.05) is 42.5 Å². The lowest BCUT2D eigenvalue weighted by atomic mass is 10.2. The Kier molecular flexibility index (Phi) is 5.61. The first-order chi connectivity index (χ1) is 13.2. The number of fused-ring (bicyclic) bond motifs is 1. The largest absolute Gasteiger partial charge is 0.379 e. The van der Waals surface area contributed by atoms with Crippen molar-refractivity contribution < 1.29 is 4.74 Å². The Balaban J connectivity index is 1.54. The predicted octanol–water partition coefficient (Wildman–Crippen LogP) is 3.50. The highest BCUT2D eigenvalue weighted by atomic mass is 32.1. The standard InChI is InChI=1S/C20H25N5OS/c1-14-15(2)27-20-17(14)19(22-7-4-8-25-9-11-26-12-10-25)23-18(24-20)16-5-3-6-21-13-16/h3,5-6,13H,4,7-12H2,1-2H3,(H,22,23,24). The molecule has 1 aliphatic rings. The van der Waals surface area contributed by atoms with Gasteiger partial charge in [0.1, 0.15) is 10.6 Å². The third-order valence-corrected chi connectivity index (χ3v) is 6.10. The van der Waals surface area contributed by atoms with E-state index in [2.05, 4.69) is 29.0 Å². The van der Waals surface area contributed by atoms with E-state index in [0.717, 1.165) is 73.2 Å². The van der Waals surface area contributed by atoms with Gasteiger partial charge in [-0.2, -0.15) is 0 Å². The first-order valence-corrected chi connectivity index (χ1v) is 10.3. The summed E-state index contributed by atoms with van der Waals surface area (Å²) < 4.78 is 5.42. The number of hydrogen-bond acceptors (Lipinski definition) is 7. The van der Waals surface area contributed by atoms with Crippen LogP contribution in [0.15, 0.2) is 24.5 Å². The van der Waals surface area contributed by atoms with E-state index in [-0.39, 0.29) is 0 Å². The Labute approximate surface area is 163 Å². The molecule has 3 aromatic heterocycles. The summed E-state index contributed by atoms with van der Waals surface area (Å²) in [6.45, 7) is 10.0. The van der Waals surface area contributed by atoms with Crippen LogP contribution < -0.4 is 5.32 Å². The average molecular weight is 384 g/mol. The minimum atomic E-state index is 0.729. The molecular weight excluding hydrogens is 358 g/mol. The molecule has 7 heteroatoms. The van der Waals surface area contributed by atoms with Crippen LogP contribution in [0.25, 0.3) is 21.6 Å². The van der Waals surface area contributed by atoms with Gasteiger partial charge in [0.25, 0.3) is 0 Å². The van der Waals surface area contributed by atoms with Gasteiger partial charge in [-0.1, -0.05) is 0 Å². The third kappa shape index (κ3) is 4.10. The number of hydrogen-bond donors (Lipinski definition) is 1. The molecule has 0 aliphatic carbocycles. The van der Waals surface area contributed by atoms with Crippen LogP contribution in [0.4, 0.5) is 5.82 Å². The molecule has 0 atom stereocenters. The van der Waals surface area contributed by atoms with Crippen LogP contribution in [0.2, 0.25) is 0 Å². The van der Waals surface area contributed by atoms with Crippen molar-refractivity contribution in [1.82, 2.24) is 19.9 Å². The molecule has 6 nitrogen and oxygen atoms in total. The number of ether oxygens (including phenoxy) is 1. The molecular formula is C20H25N5OS. The monoisotopic (exact) mass is 383 g/mol. The molecule has 0 amide bonds. The maximum atomic E-state index is 5.42. The molecule has 4 heterocycles. The first kappa shape index (κ1) is 18.3. The lowest BCUT2D eigenvalue weighted by Crippen LogP contribution is -2.37. The zero-order chi connectivity index (χ0) is 18.6. The number of thiophene rings is 1. The van der Waals surface area contributed by atoms with E-state index in [1.807, 2.05) is 18.3 Å². The number of rotatable bonds is 6. The molecule has 4 rings (SSSR count). The van der Waals surface area contributed by atoms with Crippen LogP contribution >= 0.6 is 11.3 Å². The number of nitrogens with one attached hydrogen (secondary N) is 1. The minimum Gasteiger partial charge on any atom is -0.379 e. The number of aromatic nitrogens is 3. The average Bonchev–Trinajstić information content (AvgIpc) is 3.00. The number of pyridine rings is 1. The van der Waals surface area contributed by atoms with Crippen molar-refractivity contribution >= 4 is 27.4 Å². The van der Waals surface area contributed by atoms with E-state index in [0.29, 0.717) is 0 Å². The van der Waals surface area contributed by atoms with Crippen LogP contribution in [-0.4, -0.2) is 59.2 Å². The van der Waals surface area contributed by atoms with Crippen molar-refractivity contribution in [2.75, 3.05) is 44.7 Å². The van der Waals surface area contributed by atoms with Gasteiger partial charge < -0.3 is 10.1 Å². The molecule has 0 saturated carbocycles. The van der Waals surface area contributed by atoms with Gasteiger partial charge in [0.2, 0.25) is 0 Å². The van der Waals surface area contributed by atoms with E-state index in [4.69, 9.17) is 14.7 Å². The van der Waals surface area contributed by atoms with Crippen LogP contribution in [0, 0.1) is 13.8 Å². The van der Waals surface area contributed by atoms with Gasteiger partial charge in [-0.05, 0) is 44.5 Å². The van der Waals surface area contributed by atoms with Gasteiger partial charge in [-0.15, -0.1) is 11.3 Å². The summed E-state index contributed by atoms with van der Waals surface area (Å²) in [6, 6.07) is 3.92. The second-order valence-corrected chi connectivity index (χ2v) is 8.04. The second kappa shape index (κ2) is 8.29. The molecule has 1 aliphatic heterocycles. The number of morpholine rings is 1. The highest BCUT2D eigenvalue weighted by Gasteiger charge is 2.16. The summed E-state index contributed by atoms with van der Waals surface area (Å²) in [5.41, 5.74) is 2.21. The SMILES string of the molecule is Cc1sc2nc(-c3cccnc3)nc(NCCCN3CCOCC3)c2c1C. The Morgan fingerprint density at radius 3 is 2.85 bits per heavy atom. The minimum absolute atomic E-state index is 0.729. The first-order valence-electron chi connectivity index (χ1n) is 9.44. The Morgan fingerprint density at radius 2 is 2.07 bits per heavy atom. The quantitative estimate of drug-likeness (QED) is 0.657. The molecule has 0 radical (unpaired) electrons. The lowest BCUT2D eigenvalue weighted by Gasteiger charge is -2.26. The highest BCUT2D eigenvalue weighted by Crippen LogP contribution is 2.34. The van der Waals surface area contributed by atoms with Crippen LogP contribution in [0.5, 0.6) is 0 Å². The van der Waals surface area contributed by atoms with E-state index in [1.54, 1.807) is 17.5 Å². The highest BCUT2D eigenvalue weighted by molar-refractivity contribution is 7.18. The second-order valence-electron chi connectivity index (χ2n) is 6.84. The third-order valence-electron chi connectivity index (χ3n) is 5.00. The van der Waals surface area contributed by atoms with Gasteiger partial charge in [-0.25, -0.2) is 9.97 Å². The molecule has 142 valence electrons. The lowest BCUT2D eigenvalue weighted by molar-refractivity contribution is 0.0378. The molecule has 0 spiro atoms. The fourth-order valence-electron chi connectivity index (χ4n) is 3.34. The Morgan fingerprint density at radius 1 is 1.22 bits per heavy atom. The van der Waals surface area contributed by atoms with Crippen LogP contribution in [0.1, 0.15) is 16.9 Å². The molecule has 27 heavy (non-hydrogen) atoms. The smallest absolute Gasteiger partial charge is 0.164 e. The van der Waals surface area contributed by atoms with Crippen molar-refractivity contribution in [3.05, 3.63) is 35.0 Å². The molecule has 0 aromatic carbocycles. The van der Waals surface area contributed by atoms with Gasteiger partial charge in [0.05, 0.1) is 18.6 Å². The maximum Gasteiger partial charge on any atom is 0.164 e. The Hall–Kier alpha value is -2.09. The van der Waals surface area contributed by atoms with Crippen molar-refractivity contribution in [2.45, 2.75) is 20.3 Å². The number of anilines is 1. The molecule has 3 aromatic rings. The molecule has 1 fully saturated rings. The molecule has 1 N–H and O–H groups in total. The van der Waals surface area contributed by atoms with Crippen LogP contribution in [0.3, 0.4) is 0 Å². The summed E-state index contributed by atoms with van der Waals surface area (Å²) in [4.78, 5) is 18.6.